The number of nitrogens with one attached hydrogen (secondary N) is 2. The number of nitriles is 2. The van der Waals surface area contributed by atoms with Crippen molar-refractivity contribution in [3.05, 3.63) is 63.6 Å². The van der Waals surface area contributed by atoms with E-state index in [1.807, 2.05) is 12.1 Å². The molecular formula is C22H19Cl2N5O3. The zero-order chi connectivity index (χ0) is 23.5. The molecule has 2 aromatic rings. The van der Waals surface area contributed by atoms with Gasteiger partial charge < -0.3 is 5.11 Å². The minimum absolute atomic E-state index is 0.195. The first-order valence-electron chi connectivity index (χ1n) is 9.55. The van der Waals surface area contributed by atoms with E-state index in [1.54, 1.807) is 30.3 Å². The Balaban J connectivity index is 1.89. The Hall–Kier alpha value is -3.59. The van der Waals surface area contributed by atoms with Crippen molar-refractivity contribution in [2.45, 2.75) is 31.6 Å². The Labute approximate surface area is 195 Å². The molecule has 0 heterocycles. The quantitative estimate of drug-likeness (QED) is 0.264. The number of carbonyl (C=O) groups excluding carboxylic acids is 1. The second kappa shape index (κ2) is 12.3. The molecule has 0 aliphatic carbocycles. The largest absolute Gasteiger partial charge is 0.465 e. The first kappa shape index (κ1) is 24.7. The molecule has 3 N–H and O–H groups in total. The first-order chi connectivity index (χ1) is 15.3. The van der Waals surface area contributed by atoms with E-state index in [4.69, 9.17) is 33.6 Å². The third-order valence-corrected chi connectivity index (χ3v) is 5.11. The zero-order valence-electron chi connectivity index (χ0n) is 16.8. The molecule has 0 aromatic heterocycles. The second-order valence-corrected chi connectivity index (χ2v) is 7.57. The van der Waals surface area contributed by atoms with E-state index in [9.17, 15) is 14.9 Å². The molecule has 10 heteroatoms. The number of nitrogens with zero attached hydrogens (tertiary/aromatic N) is 3. The number of hydrogen-bond donors (Lipinski definition) is 3. The van der Waals surface area contributed by atoms with Gasteiger partial charge in [-0.05, 0) is 54.7 Å². The average molecular weight is 472 g/mol. The van der Waals surface area contributed by atoms with Crippen molar-refractivity contribution < 1.29 is 14.7 Å². The molecule has 0 bridgehead atoms. The lowest BCUT2D eigenvalue weighted by atomic mass is 9.94. The lowest BCUT2D eigenvalue weighted by Crippen LogP contribution is -2.34. The number of hydrazone groups is 1. The number of imide groups is 1. The van der Waals surface area contributed by atoms with Gasteiger partial charge in [0.15, 0.2) is 0 Å². The molecular weight excluding hydrogens is 453 g/mol. The SMILES string of the molecule is N#CC(=NNc1ccc(CCCCC(C#N)c2ccc(Cl)cc2)c(Cl)c1)C(=O)NC(=O)O. The van der Waals surface area contributed by atoms with E-state index in [0.717, 1.165) is 30.4 Å². The smallest absolute Gasteiger partial charge is 0.411 e. The summed E-state index contributed by atoms with van der Waals surface area (Å²) in [6, 6.07) is 16.2. The molecule has 2 aromatic carbocycles. The Morgan fingerprint density at radius 1 is 1.09 bits per heavy atom. The Kier molecular flexibility index (Phi) is 9.49. The van der Waals surface area contributed by atoms with Gasteiger partial charge >= 0.3 is 6.09 Å². The van der Waals surface area contributed by atoms with Crippen molar-refractivity contribution in [1.29, 1.82) is 10.5 Å². The highest BCUT2D eigenvalue weighted by molar-refractivity contribution is 6.46. The van der Waals surface area contributed by atoms with Gasteiger partial charge in [0.05, 0.1) is 17.7 Å². The van der Waals surface area contributed by atoms with Crippen LogP contribution in [0.5, 0.6) is 0 Å². The summed E-state index contributed by atoms with van der Waals surface area (Å²) in [6.45, 7) is 0. The van der Waals surface area contributed by atoms with Gasteiger partial charge in [-0.1, -0.05) is 47.8 Å². The molecule has 1 unspecified atom stereocenters. The van der Waals surface area contributed by atoms with Crippen molar-refractivity contribution in [2.24, 2.45) is 5.10 Å². The highest BCUT2D eigenvalue weighted by atomic mass is 35.5. The number of rotatable bonds is 9. The Morgan fingerprint density at radius 3 is 2.41 bits per heavy atom. The van der Waals surface area contributed by atoms with Crippen LogP contribution in [0.15, 0.2) is 47.6 Å². The molecule has 0 spiro atoms. The highest BCUT2D eigenvalue weighted by Crippen LogP contribution is 2.26. The fraction of sp³-hybridized carbons (Fsp3) is 0.227. The number of carboxylic acid groups (broad SMARTS) is 1. The Morgan fingerprint density at radius 2 is 1.81 bits per heavy atom. The maximum absolute atomic E-state index is 11.5. The van der Waals surface area contributed by atoms with Gasteiger partial charge in [0.2, 0.25) is 5.71 Å². The summed E-state index contributed by atoms with van der Waals surface area (Å²) < 4.78 is 0. The van der Waals surface area contributed by atoms with Crippen LogP contribution in [-0.2, 0) is 11.2 Å². The van der Waals surface area contributed by atoms with E-state index in [1.165, 1.54) is 11.4 Å². The minimum atomic E-state index is -1.58. The summed E-state index contributed by atoms with van der Waals surface area (Å²) in [4.78, 5) is 22.0. The second-order valence-electron chi connectivity index (χ2n) is 6.73. The monoisotopic (exact) mass is 471 g/mol. The number of hydrogen-bond acceptors (Lipinski definition) is 6. The summed E-state index contributed by atoms with van der Waals surface area (Å²) in [5.74, 6) is -1.33. The lowest BCUT2D eigenvalue weighted by Gasteiger charge is -2.10. The predicted octanol–water partition coefficient (Wildman–Crippen LogP) is 5.10. The highest BCUT2D eigenvalue weighted by Gasteiger charge is 2.14. The van der Waals surface area contributed by atoms with Gasteiger partial charge in [-0.2, -0.15) is 15.6 Å². The number of anilines is 1. The van der Waals surface area contributed by atoms with Crippen LogP contribution >= 0.6 is 23.2 Å². The number of amides is 2. The molecule has 0 aliphatic heterocycles. The van der Waals surface area contributed by atoms with E-state index < -0.39 is 17.7 Å². The van der Waals surface area contributed by atoms with Crippen LogP contribution < -0.4 is 10.7 Å². The van der Waals surface area contributed by atoms with Crippen molar-refractivity contribution in [3.8, 4) is 12.1 Å². The van der Waals surface area contributed by atoms with Gasteiger partial charge in [-0.25, -0.2) is 4.79 Å². The molecule has 0 fully saturated rings. The summed E-state index contributed by atoms with van der Waals surface area (Å²) >= 11 is 12.2. The summed E-state index contributed by atoms with van der Waals surface area (Å²) in [6.07, 6.45) is 1.53. The van der Waals surface area contributed by atoms with E-state index >= 15 is 0 Å². The molecule has 0 aliphatic rings. The standard InChI is InChI=1S/C22H19Cl2N5O3/c23-17-8-5-14(6-9-17)16(12-25)4-2-1-3-15-7-10-18(11-19(15)24)28-29-20(13-26)21(30)27-22(31)32/h5-11,16,28H,1-4H2,(H,27,30)(H,31,32). The average Bonchev–Trinajstić information content (AvgIpc) is 2.76. The van der Waals surface area contributed by atoms with Crippen LogP contribution in [0, 0.1) is 22.7 Å². The van der Waals surface area contributed by atoms with Gasteiger partial charge in [0.25, 0.3) is 5.91 Å². The van der Waals surface area contributed by atoms with Crippen molar-refractivity contribution in [2.75, 3.05) is 5.43 Å². The van der Waals surface area contributed by atoms with Gasteiger partial charge in [0.1, 0.15) is 6.07 Å². The van der Waals surface area contributed by atoms with Gasteiger partial charge in [-0.15, -0.1) is 0 Å². The van der Waals surface area contributed by atoms with Gasteiger partial charge in [0, 0.05) is 10.0 Å². The van der Waals surface area contributed by atoms with E-state index in [2.05, 4.69) is 16.6 Å². The molecule has 32 heavy (non-hydrogen) atoms. The van der Waals surface area contributed by atoms with Crippen molar-refractivity contribution in [3.63, 3.8) is 0 Å². The normalized spacial score (nSPS) is 11.7. The van der Waals surface area contributed by atoms with Crippen LogP contribution in [-0.4, -0.2) is 22.8 Å². The zero-order valence-corrected chi connectivity index (χ0v) is 18.3. The predicted molar refractivity (Wildman–Crippen MR) is 122 cm³/mol. The van der Waals surface area contributed by atoms with Crippen LogP contribution in [0.2, 0.25) is 10.0 Å². The number of halogens is 2. The van der Waals surface area contributed by atoms with Crippen LogP contribution in [0.25, 0.3) is 0 Å². The third kappa shape index (κ3) is 7.59. The van der Waals surface area contributed by atoms with Crippen molar-refractivity contribution in [1.82, 2.24) is 5.32 Å². The summed E-state index contributed by atoms with van der Waals surface area (Å²) in [7, 11) is 0. The fourth-order valence-electron chi connectivity index (χ4n) is 2.89. The van der Waals surface area contributed by atoms with Crippen LogP contribution in [0.4, 0.5) is 10.5 Å². The molecule has 0 saturated carbocycles. The lowest BCUT2D eigenvalue weighted by molar-refractivity contribution is -0.114. The van der Waals surface area contributed by atoms with Crippen LogP contribution in [0.1, 0.15) is 36.3 Å². The van der Waals surface area contributed by atoms with E-state index in [0.29, 0.717) is 22.2 Å². The molecule has 0 saturated heterocycles. The third-order valence-electron chi connectivity index (χ3n) is 4.51. The molecule has 2 rings (SSSR count). The van der Waals surface area contributed by atoms with Crippen molar-refractivity contribution >= 4 is 46.6 Å². The Bertz CT molecular complexity index is 1090. The maximum atomic E-state index is 11.5. The van der Waals surface area contributed by atoms with E-state index in [-0.39, 0.29) is 5.92 Å². The maximum Gasteiger partial charge on any atom is 0.411 e. The fourth-order valence-corrected chi connectivity index (χ4v) is 3.29. The van der Waals surface area contributed by atoms with Gasteiger partial charge in [-0.3, -0.25) is 15.5 Å². The first-order valence-corrected chi connectivity index (χ1v) is 10.3. The van der Waals surface area contributed by atoms with Crippen LogP contribution in [0.3, 0.4) is 0 Å². The number of benzene rings is 2. The minimum Gasteiger partial charge on any atom is -0.465 e. The summed E-state index contributed by atoms with van der Waals surface area (Å²) in [5, 5.41) is 33.1. The number of aryl methyl sites for hydroxylation is 1. The molecule has 1 atom stereocenters. The molecule has 164 valence electrons. The number of carbonyl (C=O) groups is 2. The summed E-state index contributed by atoms with van der Waals surface area (Å²) in [5.41, 5.74) is 4.16. The topological polar surface area (TPSA) is 138 Å². The molecule has 8 nitrogen and oxygen atoms in total. The molecule has 2 amide bonds. The number of unbranched alkanes of at least 4 members (excludes halogenated alkanes) is 1. The molecule has 0 radical (unpaired) electrons.